The zero-order chi connectivity index (χ0) is 15.2. The smallest absolute Gasteiger partial charge is 0.437 e. The summed E-state index contributed by atoms with van der Waals surface area (Å²) in [5, 5.41) is 0.885. The van der Waals surface area contributed by atoms with Crippen molar-refractivity contribution in [3.05, 3.63) is 58.1 Å². The van der Waals surface area contributed by atoms with E-state index in [-0.39, 0.29) is 0 Å². The van der Waals surface area contributed by atoms with Crippen molar-refractivity contribution in [3.8, 4) is 5.75 Å². The molecule has 4 nitrogen and oxygen atoms in total. The number of para-hydroxylation sites is 1. The van der Waals surface area contributed by atoms with Crippen molar-refractivity contribution < 1.29 is 14.3 Å². The van der Waals surface area contributed by atoms with Gasteiger partial charge in [-0.3, -0.25) is 4.99 Å². The first-order valence-corrected chi connectivity index (χ1v) is 6.69. The van der Waals surface area contributed by atoms with Gasteiger partial charge in [-0.05, 0) is 30.3 Å². The van der Waals surface area contributed by atoms with Crippen LogP contribution in [0.25, 0.3) is 0 Å². The lowest BCUT2D eigenvalue weighted by atomic mass is 10.2. The molecule has 0 atom stereocenters. The molecule has 21 heavy (non-hydrogen) atoms. The molecule has 0 unspecified atom stereocenters. The van der Waals surface area contributed by atoms with Crippen LogP contribution in [-0.2, 0) is 4.74 Å². The number of nitrogens with zero attached hydrogens (tertiary/aromatic N) is 1. The Morgan fingerprint density at radius 1 is 1.14 bits per heavy atom. The third kappa shape index (κ3) is 4.21. The van der Waals surface area contributed by atoms with Crippen LogP contribution in [0.4, 0.5) is 10.5 Å². The number of carbonyl (C=O) groups is 1. The molecular formula is C15H11Cl2NO3. The predicted molar refractivity (Wildman–Crippen MR) is 83.2 cm³/mol. The van der Waals surface area contributed by atoms with E-state index in [9.17, 15) is 4.79 Å². The lowest BCUT2D eigenvalue weighted by Gasteiger charge is -2.05. The van der Waals surface area contributed by atoms with Gasteiger partial charge in [0.1, 0.15) is 5.75 Å². The van der Waals surface area contributed by atoms with Crippen LogP contribution in [0.3, 0.4) is 0 Å². The zero-order valence-corrected chi connectivity index (χ0v) is 12.6. The van der Waals surface area contributed by atoms with E-state index >= 15 is 0 Å². The third-order valence-electron chi connectivity index (χ3n) is 2.53. The van der Waals surface area contributed by atoms with Gasteiger partial charge in [0.25, 0.3) is 0 Å². The van der Waals surface area contributed by atoms with Gasteiger partial charge < -0.3 is 9.47 Å². The van der Waals surface area contributed by atoms with Gasteiger partial charge in [-0.2, -0.15) is 0 Å². The number of rotatable bonds is 3. The number of ether oxygens (including phenoxy) is 2. The quantitative estimate of drug-likeness (QED) is 0.459. The molecule has 0 aliphatic carbocycles. The van der Waals surface area contributed by atoms with Gasteiger partial charge in [-0.15, -0.1) is 0 Å². The van der Waals surface area contributed by atoms with Crippen LogP contribution in [0.1, 0.15) is 5.56 Å². The fourth-order valence-corrected chi connectivity index (χ4v) is 1.81. The molecule has 0 saturated heterocycles. The Kier molecular flexibility index (Phi) is 5.20. The van der Waals surface area contributed by atoms with Gasteiger partial charge in [0.05, 0.1) is 22.8 Å². The van der Waals surface area contributed by atoms with Crippen molar-refractivity contribution in [2.45, 2.75) is 0 Å². The van der Waals surface area contributed by atoms with Crippen LogP contribution in [-0.4, -0.2) is 19.5 Å². The van der Waals surface area contributed by atoms with Crippen LogP contribution in [0.5, 0.6) is 5.75 Å². The molecule has 0 aliphatic heterocycles. The van der Waals surface area contributed by atoms with Crippen molar-refractivity contribution in [1.29, 1.82) is 0 Å². The fraction of sp³-hybridized carbons (Fsp3) is 0.0667. The molecule has 0 N–H and O–H groups in total. The highest BCUT2D eigenvalue weighted by Gasteiger charge is 2.07. The number of benzene rings is 2. The van der Waals surface area contributed by atoms with Gasteiger partial charge in [-0.25, -0.2) is 4.79 Å². The molecular weight excluding hydrogens is 313 g/mol. The van der Waals surface area contributed by atoms with Crippen molar-refractivity contribution in [1.82, 2.24) is 0 Å². The monoisotopic (exact) mass is 323 g/mol. The average Bonchev–Trinajstić information content (AvgIpc) is 2.49. The van der Waals surface area contributed by atoms with E-state index in [4.69, 9.17) is 27.9 Å². The molecule has 6 heteroatoms. The summed E-state index contributed by atoms with van der Waals surface area (Å²) < 4.78 is 9.49. The van der Waals surface area contributed by atoms with Gasteiger partial charge in [0.2, 0.25) is 0 Å². The minimum absolute atomic E-state index is 0.355. The normalized spacial score (nSPS) is 10.6. The maximum Gasteiger partial charge on any atom is 0.513 e. The topological polar surface area (TPSA) is 47.9 Å². The third-order valence-corrected chi connectivity index (χ3v) is 3.27. The minimum Gasteiger partial charge on any atom is -0.437 e. The molecule has 0 heterocycles. The van der Waals surface area contributed by atoms with Gasteiger partial charge in [0, 0.05) is 11.8 Å². The molecule has 0 radical (unpaired) electrons. The van der Waals surface area contributed by atoms with E-state index in [2.05, 4.69) is 9.73 Å². The molecule has 2 rings (SSSR count). The fourth-order valence-electron chi connectivity index (χ4n) is 1.52. The molecule has 0 amide bonds. The minimum atomic E-state index is -0.787. The summed E-state index contributed by atoms with van der Waals surface area (Å²) in [5.74, 6) is 0.355. The van der Waals surface area contributed by atoms with Gasteiger partial charge in [-0.1, -0.05) is 35.3 Å². The second-order valence-electron chi connectivity index (χ2n) is 3.95. The van der Waals surface area contributed by atoms with E-state index in [1.165, 1.54) is 7.11 Å². The van der Waals surface area contributed by atoms with Crippen LogP contribution in [0.15, 0.2) is 47.5 Å². The van der Waals surface area contributed by atoms with Crippen LogP contribution >= 0.6 is 23.2 Å². The van der Waals surface area contributed by atoms with Crippen molar-refractivity contribution in [2.75, 3.05) is 7.11 Å². The SMILES string of the molecule is COC(=O)Oc1ccccc1C=Nc1ccc(Cl)c(Cl)c1. The summed E-state index contributed by atoms with van der Waals surface area (Å²) in [4.78, 5) is 15.4. The molecule has 0 bridgehead atoms. The largest absolute Gasteiger partial charge is 0.513 e. The maximum absolute atomic E-state index is 11.2. The Morgan fingerprint density at radius 3 is 2.62 bits per heavy atom. The lowest BCUT2D eigenvalue weighted by molar-refractivity contribution is 0.121. The summed E-state index contributed by atoms with van der Waals surface area (Å²) in [6, 6.07) is 12.0. The molecule has 0 aromatic heterocycles. The van der Waals surface area contributed by atoms with Crippen molar-refractivity contribution >= 4 is 41.3 Å². The number of aliphatic imine (C=N–C) groups is 1. The zero-order valence-electron chi connectivity index (χ0n) is 11.0. The summed E-state index contributed by atoms with van der Waals surface area (Å²) in [7, 11) is 1.24. The molecule has 2 aromatic carbocycles. The lowest BCUT2D eigenvalue weighted by Crippen LogP contribution is -2.08. The van der Waals surface area contributed by atoms with E-state index in [0.29, 0.717) is 27.0 Å². The Morgan fingerprint density at radius 2 is 1.90 bits per heavy atom. The van der Waals surface area contributed by atoms with Gasteiger partial charge in [0.15, 0.2) is 0 Å². The van der Waals surface area contributed by atoms with Crippen LogP contribution in [0, 0.1) is 0 Å². The van der Waals surface area contributed by atoms with E-state index in [1.807, 2.05) is 0 Å². The highest BCUT2D eigenvalue weighted by molar-refractivity contribution is 6.42. The highest BCUT2D eigenvalue weighted by Crippen LogP contribution is 2.27. The number of hydrogen-bond acceptors (Lipinski definition) is 4. The van der Waals surface area contributed by atoms with Crippen molar-refractivity contribution in [2.24, 2.45) is 4.99 Å². The number of halogens is 2. The molecule has 0 spiro atoms. The summed E-state index contributed by atoms with van der Waals surface area (Å²) in [5.41, 5.74) is 1.27. The number of methoxy groups -OCH3 is 1. The van der Waals surface area contributed by atoms with Crippen LogP contribution < -0.4 is 4.74 Å². The predicted octanol–water partition coefficient (Wildman–Crippen LogP) is 4.89. The highest BCUT2D eigenvalue weighted by atomic mass is 35.5. The summed E-state index contributed by atoms with van der Waals surface area (Å²) in [6.45, 7) is 0. The second kappa shape index (κ2) is 7.11. The van der Waals surface area contributed by atoms with E-state index in [0.717, 1.165) is 0 Å². The number of carbonyl (C=O) groups excluding carboxylic acids is 1. The number of hydrogen-bond donors (Lipinski definition) is 0. The molecule has 0 fully saturated rings. The Hall–Kier alpha value is -2.04. The first-order valence-electron chi connectivity index (χ1n) is 5.94. The second-order valence-corrected chi connectivity index (χ2v) is 4.77. The standard InChI is InChI=1S/C15H11Cl2NO3/c1-20-15(19)21-14-5-3-2-4-10(14)9-18-11-6-7-12(16)13(17)8-11/h2-9H,1H3. The first kappa shape index (κ1) is 15.4. The summed E-state index contributed by atoms with van der Waals surface area (Å²) in [6.07, 6.45) is 0.781. The van der Waals surface area contributed by atoms with E-state index in [1.54, 1.807) is 48.7 Å². The van der Waals surface area contributed by atoms with Crippen LogP contribution in [0.2, 0.25) is 10.0 Å². The Bertz CT molecular complexity index is 686. The molecule has 0 aliphatic rings. The molecule has 2 aromatic rings. The van der Waals surface area contributed by atoms with Crippen molar-refractivity contribution in [3.63, 3.8) is 0 Å². The Balaban J connectivity index is 2.24. The maximum atomic E-state index is 11.2. The van der Waals surface area contributed by atoms with E-state index < -0.39 is 6.16 Å². The van der Waals surface area contributed by atoms with Gasteiger partial charge >= 0.3 is 6.16 Å². The Labute approximate surface area is 131 Å². The first-order chi connectivity index (χ1) is 10.1. The summed E-state index contributed by atoms with van der Waals surface area (Å²) >= 11 is 11.8. The molecule has 0 saturated carbocycles. The molecule has 108 valence electrons. The average molecular weight is 324 g/mol.